The first-order chi connectivity index (χ1) is 13.4. The minimum absolute atomic E-state index is 0.0206. The van der Waals surface area contributed by atoms with E-state index in [0.29, 0.717) is 31.6 Å². The fraction of sp³-hybridized carbons (Fsp3) is 0.600. The summed E-state index contributed by atoms with van der Waals surface area (Å²) in [4.78, 5) is 36.9. The summed E-state index contributed by atoms with van der Waals surface area (Å²) in [5.74, 6) is -0.819. The lowest BCUT2D eigenvalue weighted by atomic mass is 10.1. The molecule has 29 heavy (non-hydrogen) atoms. The number of hydrogen-bond acceptors (Lipinski definition) is 6. The molecule has 0 aromatic heterocycles. The Hall–Kier alpha value is -2.26. The number of non-ortho nitro benzene ring substituents is 1. The number of rotatable bonds is 7. The molecule has 8 nitrogen and oxygen atoms in total. The van der Waals surface area contributed by atoms with Crippen LogP contribution < -0.4 is 4.90 Å². The van der Waals surface area contributed by atoms with Gasteiger partial charge in [-0.15, -0.1) is 0 Å². The van der Waals surface area contributed by atoms with Crippen LogP contribution >= 0.6 is 0 Å². The summed E-state index contributed by atoms with van der Waals surface area (Å²) in [5, 5.41) is 11.2. The van der Waals surface area contributed by atoms with E-state index < -0.39 is 19.2 Å². The van der Waals surface area contributed by atoms with Crippen LogP contribution in [-0.2, 0) is 14.0 Å². The third kappa shape index (κ3) is 5.02. The van der Waals surface area contributed by atoms with E-state index in [1.807, 2.05) is 0 Å². The van der Waals surface area contributed by atoms with E-state index in [-0.39, 0.29) is 28.2 Å². The number of esters is 1. The van der Waals surface area contributed by atoms with Gasteiger partial charge in [0.05, 0.1) is 23.3 Å². The fourth-order valence-electron chi connectivity index (χ4n) is 3.14. The van der Waals surface area contributed by atoms with Crippen molar-refractivity contribution in [2.45, 2.75) is 64.2 Å². The summed E-state index contributed by atoms with van der Waals surface area (Å²) in [5.41, 5.74) is 0.146. The molecule has 1 heterocycles. The van der Waals surface area contributed by atoms with Crippen molar-refractivity contribution in [1.29, 1.82) is 0 Å². The lowest BCUT2D eigenvalue weighted by Gasteiger charge is -2.37. The van der Waals surface area contributed by atoms with Crippen molar-refractivity contribution in [1.82, 2.24) is 0 Å². The van der Waals surface area contributed by atoms with Crippen LogP contribution in [0.15, 0.2) is 18.2 Å². The first-order valence-electron chi connectivity index (χ1n) is 9.72. The summed E-state index contributed by atoms with van der Waals surface area (Å²) in [6, 6.07) is 3.79. The topological polar surface area (TPSA) is 99.0 Å². The first-order valence-corrected chi connectivity index (χ1v) is 12.6. The van der Waals surface area contributed by atoms with Crippen LogP contribution in [0.5, 0.6) is 0 Å². The number of carbonyl (C=O) groups excluding carboxylic acids is 2. The molecule has 0 radical (unpaired) electrons. The van der Waals surface area contributed by atoms with Crippen molar-refractivity contribution in [2.24, 2.45) is 0 Å². The second kappa shape index (κ2) is 8.62. The van der Waals surface area contributed by atoms with Crippen LogP contribution in [0.2, 0.25) is 18.1 Å². The minimum Gasteiger partial charge on any atom is -0.465 e. The van der Waals surface area contributed by atoms with Crippen molar-refractivity contribution in [3.05, 3.63) is 33.9 Å². The molecule has 0 N–H and O–H groups in total. The number of benzene rings is 1. The molecule has 1 fully saturated rings. The third-order valence-corrected chi connectivity index (χ3v) is 10.4. The van der Waals surface area contributed by atoms with Gasteiger partial charge in [-0.1, -0.05) is 20.8 Å². The monoisotopic (exact) mass is 422 g/mol. The van der Waals surface area contributed by atoms with E-state index in [2.05, 4.69) is 33.9 Å². The molecule has 2 rings (SSSR count). The van der Waals surface area contributed by atoms with Crippen LogP contribution in [0.3, 0.4) is 0 Å². The maximum atomic E-state index is 12.6. The Bertz CT molecular complexity index is 803. The number of amides is 1. The summed E-state index contributed by atoms with van der Waals surface area (Å²) in [6.45, 7) is 11.4. The summed E-state index contributed by atoms with van der Waals surface area (Å²) in [6.07, 6.45) is 1.65. The molecule has 0 spiro atoms. The van der Waals surface area contributed by atoms with Crippen LogP contribution in [0.4, 0.5) is 11.4 Å². The molecule has 1 aliphatic rings. The highest BCUT2D eigenvalue weighted by molar-refractivity contribution is 6.74. The molecule has 0 aliphatic carbocycles. The maximum Gasteiger partial charge on any atom is 0.340 e. The van der Waals surface area contributed by atoms with Gasteiger partial charge in [0.1, 0.15) is 0 Å². The molecule has 1 aliphatic heterocycles. The normalized spacial score (nSPS) is 17.5. The van der Waals surface area contributed by atoms with Crippen LogP contribution in [0.25, 0.3) is 0 Å². The van der Waals surface area contributed by atoms with Crippen molar-refractivity contribution >= 4 is 31.6 Å². The van der Waals surface area contributed by atoms with Gasteiger partial charge in [-0.05, 0) is 37.0 Å². The van der Waals surface area contributed by atoms with Gasteiger partial charge in [-0.25, -0.2) is 4.79 Å². The number of anilines is 1. The molecular weight excluding hydrogens is 392 g/mol. The Morgan fingerprint density at radius 3 is 2.55 bits per heavy atom. The molecule has 1 atom stereocenters. The van der Waals surface area contributed by atoms with Gasteiger partial charge in [0.25, 0.3) is 5.69 Å². The highest BCUT2D eigenvalue weighted by Gasteiger charge is 2.39. The van der Waals surface area contributed by atoms with Gasteiger partial charge < -0.3 is 14.1 Å². The van der Waals surface area contributed by atoms with Crippen molar-refractivity contribution in [3.8, 4) is 0 Å². The van der Waals surface area contributed by atoms with Gasteiger partial charge in [0.2, 0.25) is 5.91 Å². The van der Waals surface area contributed by atoms with Gasteiger partial charge in [0, 0.05) is 31.2 Å². The second-order valence-corrected chi connectivity index (χ2v) is 13.6. The smallest absolute Gasteiger partial charge is 0.340 e. The van der Waals surface area contributed by atoms with E-state index >= 15 is 0 Å². The number of nitro benzene ring substituents is 1. The standard InChI is InChI=1S/C20H30N2O6Si/c1-20(2,3)29(5,6)28-12-11-14-8-10-18(23)21(14)17-9-7-15(22(25)26)13-16(17)19(24)27-4/h7,9,13-14H,8,10-12H2,1-6H3/t14-/m0/s1. The van der Waals surface area contributed by atoms with Crippen LogP contribution in [0.1, 0.15) is 50.4 Å². The molecule has 1 saturated heterocycles. The SMILES string of the molecule is COC(=O)c1cc([N+](=O)[O-])ccc1N1C(=O)CC[C@H]1CCO[Si](C)(C)C(C)(C)C. The number of ether oxygens (including phenoxy) is 1. The zero-order valence-corrected chi connectivity index (χ0v) is 19.0. The van der Waals surface area contributed by atoms with Gasteiger partial charge in [-0.3, -0.25) is 14.9 Å². The van der Waals surface area contributed by atoms with Gasteiger partial charge >= 0.3 is 5.97 Å². The largest absolute Gasteiger partial charge is 0.465 e. The van der Waals surface area contributed by atoms with Crippen molar-refractivity contribution in [2.75, 3.05) is 18.6 Å². The van der Waals surface area contributed by atoms with Crippen molar-refractivity contribution < 1.29 is 23.7 Å². The fourth-order valence-corrected chi connectivity index (χ4v) is 4.20. The number of hydrogen-bond donors (Lipinski definition) is 0. The molecule has 0 saturated carbocycles. The average molecular weight is 423 g/mol. The zero-order valence-electron chi connectivity index (χ0n) is 18.0. The lowest BCUT2D eigenvalue weighted by molar-refractivity contribution is -0.384. The van der Waals surface area contributed by atoms with Crippen molar-refractivity contribution in [3.63, 3.8) is 0 Å². The van der Waals surface area contributed by atoms with E-state index in [1.54, 1.807) is 4.90 Å². The molecule has 160 valence electrons. The number of carbonyl (C=O) groups is 2. The molecule has 1 aromatic carbocycles. The Morgan fingerprint density at radius 2 is 2.00 bits per heavy atom. The predicted octanol–water partition coefficient (Wildman–Crippen LogP) is 4.29. The highest BCUT2D eigenvalue weighted by Crippen LogP contribution is 2.38. The summed E-state index contributed by atoms with van der Waals surface area (Å²) < 4.78 is 11.0. The Kier molecular flexibility index (Phi) is 6.84. The summed E-state index contributed by atoms with van der Waals surface area (Å²) in [7, 11) is -0.693. The quantitative estimate of drug-likeness (QED) is 0.281. The van der Waals surface area contributed by atoms with Gasteiger partial charge in [-0.2, -0.15) is 0 Å². The number of methoxy groups -OCH3 is 1. The molecule has 9 heteroatoms. The van der Waals surface area contributed by atoms with E-state index in [9.17, 15) is 19.7 Å². The number of nitrogens with zero attached hydrogens (tertiary/aromatic N) is 2. The Labute approximate surface area is 172 Å². The minimum atomic E-state index is -1.90. The molecule has 0 bridgehead atoms. The highest BCUT2D eigenvalue weighted by atomic mass is 28.4. The van der Waals surface area contributed by atoms with Crippen LogP contribution in [-0.4, -0.2) is 44.9 Å². The lowest BCUT2D eigenvalue weighted by Crippen LogP contribution is -2.42. The molecular formula is C20H30N2O6Si. The molecule has 1 aromatic rings. The van der Waals surface area contributed by atoms with E-state index in [1.165, 1.54) is 19.2 Å². The van der Waals surface area contributed by atoms with E-state index in [0.717, 1.165) is 6.07 Å². The molecule has 1 amide bonds. The second-order valence-electron chi connectivity index (χ2n) is 8.80. The average Bonchev–Trinajstić information content (AvgIpc) is 2.99. The zero-order chi connectivity index (χ0) is 22.0. The Morgan fingerprint density at radius 1 is 1.34 bits per heavy atom. The van der Waals surface area contributed by atoms with E-state index in [4.69, 9.17) is 9.16 Å². The van der Waals surface area contributed by atoms with Crippen LogP contribution in [0, 0.1) is 10.1 Å². The Balaban J connectivity index is 2.26. The first kappa shape index (κ1) is 23.0. The third-order valence-electron chi connectivity index (χ3n) is 5.90. The maximum absolute atomic E-state index is 12.6. The number of nitro groups is 1. The van der Waals surface area contributed by atoms with Gasteiger partial charge in [0.15, 0.2) is 8.32 Å². The predicted molar refractivity (Wildman–Crippen MR) is 113 cm³/mol. The molecule has 0 unspecified atom stereocenters. The summed E-state index contributed by atoms with van der Waals surface area (Å²) >= 11 is 0.